The van der Waals surface area contributed by atoms with E-state index in [2.05, 4.69) is 179 Å². The lowest BCUT2D eigenvalue weighted by molar-refractivity contribution is -0.161. The van der Waals surface area contributed by atoms with Gasteiger partial charge in [0, 0.05) is 19.3 Å². The lowest BCUT2D eigenvalue weighted by Gasteiger charge is -2.21. The van der Waals surface area contributed by atoms with E-state index in [1.165, 1.54) is 77.0 Å². The van der Waals surface area contributed by atoms with Crippen LogP contribution < -0.4 is 0 Å². The Morgan fingerprint density at radius 2 is 0.505 bits per heavy atom. The van der Waals surface area contributed by atoms with Crippen LogP contribution in [0.25, 0.3) is 0 Å². The maximum Gasteiger partial charge on any atom is 0.472 e. The number of phosphoric acid groups is 2. The van der Waals surface area contributed by atoms with Gasteiger partial charge in [-0.3, -0.25) is 32.5 Å². The lowest BCUT2D eigenvalue weighted by atomic mass is 10.0. The second-order valence-electron chi connectivity index (χ2n) is 26.8. The van der Waals surface area contributed by atoms with E-state index in [9.17, 15) is 43.5 Å². The lowest BCUT2D eigenvalue weighted by Crippen LogP contribution is -2.30. The third-order valence-corrected chi connectivity index (χ3v) is 18.6. The number of hydrogen-bond acceptors (Lipinski definition) is 14. The summed E-state index contributed by atoms with van der Waals surface area (Å²) in [5, 5.41) is 20.6. The van der Waals surface area contributed by atoms with Gasteiger partial charge in [0.2, 0.25) is 0 Å². The fourth-order valence-electron chi connectivity index (χ4n) is 10.6. The van der Waals surface area contributed by atoms with Crippen molar-refractivity contribution in [3.63, 3.8) is 0 Å². The van der Waals surface area contributed by atoms with Crippen molar-refractivity contribution in [2.45, 2.75) is 334 Å². The second kappa shape index (κ2) is 78.7. The SMILES string of the molecule is CC/C=C\C/C=C\C/C=C\C/C=C\C/C=C\C/C=C\CCCCCCCCC(=O)OCC(COP(=O)(O)OCC(O)COP(=O)(O)OCC(O)COC(=O)CCCCCCCCCCCCCCCCC/C=C\C/C=C\C/C=C\C/C=C\C/C=C\CC)OC(=O)CCCCCCC/C=C\C/C=C\CCC. The summed E-state index contributed by atoms with van der Waals surface area (Å²) in [6.45, 7) is 2.36. The number of allylic oxidation sites excluding steroid dienone is 26. The Balaban J connectivity index is 4.49. The molecule has 18 heteroatoms. The van der Waals surface area contributed by atoms with Crippen LogP contribution in [0, 0.1) is 0 Å². The molecular weight excluding hydrogens is 1360 g/mol. The van der Waals surface area contributed by atoms with Gasteiger partial charge in [0.1, 0.15) is 25.4 Å². The highest BCUT2D eigenvalue weighted by Gasteiger charge is 2.29. The minimum absolute atomic E-state index is 0.0806. The van der Waals surface area contributed by atoms with Crippen LogP contribution in [0.3, 0.4) is 0 Å². The Bertz CT molecular complexity index is 2540. The third kappa shape index (κ3) is 80.0. The Labute approximate surface area is 638 Å². The fourth-order valence-corrected chi connectivity index (χ4v) is 12.2. The van der Waals surface area contributed by atoms with Crippen LogP contribution in [0.15, 0.2) is 158 Å². The molecule has 600 valence electrons. The zero-order chi connectivity index (χ0) is 76.6. The van der Waals surface area contributed by atoms with Crippen molar-refractivity contribution in [1.29, 1.82) is 0 Å². The molecule has 0 aromatic heterocycles. The van der Waals surface area contributed by atoms with E-state index in [1.54, 1.807) is 0 Å². The molecular formula is C87H146O16P2. The molecule has 0 spiro atoms. The Hall–Kier alpha value is -4.83. The van der Waals surface area contributed by atoms with Gasteiger partial charge in [-0.15, -0.1) is 0 Å². The number of esters is 3. The van der Waals surface area contributed by atoms with Crippen LogP contribution in [0.5, 0.6) is 0 Å². The van der Waals surface area contributed by atoms with Crippen LogP contribution in [-0.4, -0.2) is 95.9 Å². The smallest absolute Gasteiger partial charge is 0.463 e. The minimum atomic E-state index is -4.94. The molecule has 4 N–H and O–H groups in total. The second-order valence-corrected chi connectivity index (χ2v) is 29.7. The van der Waals surface area contributed by atoms with Crippen molar-refractivity contribution in [1.82, 2.24) is 0 Å². The van der Waals surface area contributed by atoms with Crippen molar-refractivity contribution in [2.24, 2.45) is 0 Å². The first kappa shape index (κ1) is 100. The molecule has 0 heterocycles. The van der Waals surface area contributed by atoms with Crippen molar-refractivity contribution in [3.8, 4) is 0 Å². The van der Waals surface area contributed by atoms with E-state index in [-0.39, 0.29) is 19.3 Å². The monoisotopic (exact) mass is 1510 g/mol. The standard InChI is InChI=1S/C87H146O16P2/c1-4-7-10-13-16-19-22-25-27-29-31-33-35-37-38-39-40-41-42-44-46-47-49-51-53-56-58-61-64-67-70-73-85(90)97-76-82(88)77-99-104(93,94)100-78-83(89)79-101-105(95,96)102-81-84(103-87(92)75-72-69-66-63-60-55-24-21-18-15-12-9-6-3)80-98-86(91)74-71-68-65-62-59-57-54-52-50-48-45-43-36-34-32-30-28-26-23-20-17-14-11-8-5-2/h7-8,10-12,15-17,19-21,24-28,31-34,37-38,43,45,50,52,82-84,88-89H,4-6,9,13-14,18,22-23,29-30,35-36,39-42,44,46-49,51,53-81H2,1-3H3,(H,93,94)(H,95,96)/b10-7-,11-8-,15-12-,19-16-,20-17-,24-21-,27-25-,28-26-,33-31-,34-32-,38-37-,45-43-,52-50-. The summed E-state index contributed by atoms with van der Waals surface area (Å²) in [5.41, 5.74) is 0. The molecule has 0 fully saturated rings. The normalized spacial score (nSPS) is 14.8. The number of phosphoric ester groups is 2. The molecule has 0 aliphatic rings. The predicted molar refractivity (Wildman–Crippen MR) is 435 cm³/mol. The molecule has 0 aromatic rings. The summed E-state index contributed by atoms with van der Waals surface area (Å²) >= 11 is 0. The Kier molecular flexibility index (Phi) is 75.1. The first-order valence-electron chi connectivity index (χ1n) is 40.8. The van der Waals surface area contributed by atoms with Crippen LogP contribution in [0.4, 0.5) is 0 Å². The highest BCUT2D eigenvalue weighted by molar-refractivity contribution is 7.47. The van der Waals surface area contributed by atoms with Gasteiger partial charge in [-0.05, 0) is 141 Å². The number of carbonyl (C=O) groups is 3. The van der Waals surface area contributed by atoms with Crippen molar-refractivity contribution < 1.29 is 75.8 Å². The Morgan fingerprint density at radius 1 is 0.276 bits per heavy atom. The van der Waals surface area contributed by atoms with Crippen LogP contribution in [0.1, 0.15) is 316 Å². The van der Waals surface area contributed by atoms with Gasteiger partial charge in [0.05, 0.1) is 26.4 Å². The van der Waals surface area contributed by atoms with Gasteiger partial charge in [-0.1, -0.05) is 314 Å². The molecule has 0 saturated heterocycles. The summed E-state index contributed by atoms with van der Waals surface area (Å²) in [7, 11) is -9.80. The number of aliphatic hydroxyl groups excluding tert-OH is 2. The van der Waals surface area contributed by atoms with E-state index < -0.39 is 91.5 Å². The van der Waals surface area contributed by atoms with Crippen LogP contribution >= 0.6 is 15.6 Å². The topological polar surface area (TPSA) is 231 Å². The molecule has 0 amide bonds. The maximum atomic E-state index is 12.9. The molecule has 5 unspecified atom stereocenters. The van der Waals surface area contributed by atoms with E-state index in [0.717, 1.165) is 180 Å². The van der Waals surface area contributed by atoms with Crippen molar-refractivity contribution in [3.05, 3.63) is 158 Å². The van der Waals surface area contributed by atoms with Gasteiger partial charge < -0.3 is 34.2 Å². The van der Waals surface area contributed by atoms with Crippen LogP contribution in [-0.2, 0) is 55.8 Å². The summed E-state index contributed by atoms with van der Waals surface area (Å²) in [5.74, 6) is -1.61. The minimum Gasteiger partial charge on any atom is -0.463 e. The zero-order valence-electron chi connectivity index (χ0n) is 65.6. The van der Waals surface area contributed by atoms with Gasteiger partial charge in [0.15, 0.2) is 6.10 Å². The number of aliphatic hydroxyl groups is 2. The average molecular weight is 1510 g/mol. The summed E-state index contributed by atoms with van der Waals surface area (Å²) in [6, 6.07) is 0. The van der Waals surface area contributed by atoms with Crippen molar-refractivity contribution >= 4 is 33.6 Å². The number of carbonyl (C=O) groups excluding carboxylic acids is 3. The molecule has 0 bridgehead atoms. The highest BCUT2D eigenvalue weighted by Crippen LogP contribution is 2.45. The van der Waals surface area contributed by atoms with Gasteiger partial charge in [-0.2, -0.15) is 0 Å². The van der Waals surface area contributed by atoms with Gasteiger partial charge in [-0.25, -0.2) is 9.13 Å². The first-order chi connectivity index (χ1) is 51.2. The van der Waals surface area contributed by atoms with Crippen molar-refractivity contribution in [2.75, 3.05) is 39.6 Å². The number of unbranched alkanes of at least 4 members (excludes halogenated alkanes) is 27. The van der Waals surface area contributed by atoms with Gasteiger partial charge in [0.25, 0.3) is 0 Å². The van der Waals surface area contributed by atoms with E-state index in [1.807, 2.05) is 0 Å². The van der Waals surface area contributed by atoms with Gasteiger partial charge >= 0.3 is 33.6 Å². The first-order valence-corrected chi connectivity index (χ1v) is 43.8. The zero-order valence-corrected chi connectivity index (χ0v) is 67.4. The Morgan fingerprint density at radius 3 is 0.800 bits per heavy atom. The molecule has 105 heavy (non-hydrogen) atoms. The molecule has 0 aliphatic carbocycles. The van der Waals surface area contributed by atoms with E-state index in [4.69, 9.17) is 32.3 Å². The quantitative estimate of drug-likeness (QED) is 0.0146. The molecule has 16 nitrogen and oxygen atoms in total. The molecule has 0 saturated carbocycles. The molecule has 0 aliphatic heterocycles. The number of hydrogen-bond donors (Lipinski definition) is 4. The largest absolute Gasteiger partial charge is 0.472 e. The summed E-state index contributed by atoms with van der Waals surface area (Å²) in [4.78, 5) is 58.7. The predicted octanol–water partition coefficient (Wildman–Crippen LogP) is 24.2. The van der Waals surface area contributed by atoms with Crippen LogP contribution in [0.2, 0.25) is 0 Å². The van der Waals surface area contributed by atoms with E-state index in [0.29, 0.717) is 19.3 Å². The average Bonchev–Trinajstić information content (AvgIpc) is 0.914. The maximum absolute atomic E-state index is 12.9. The third-order valence-electron chi connectivity index (χ3n) is 16.7. The highest BCUT2D eigenvalue weighted by atomic mass is 31.2. The number of rotatable bonds is 76. The summed E-state index contributed by atoms with van der Waals surface area (Å²) in [6.07, 6.45) is 98.7. The fraction of sp³-hybridized carbons (Fsp3) is 0.667. The summed E-state index contributed by atoms with van der Waals surface area (Å²) < 4.78 is 61.1. The molecule has 5 atom stereocenters. The number of ether oxygens (including phenoxy) is 3. The molecule has 0 radical (unpaired) electrons. The molecule has 0 rings (SSSR count). The molecule has 0 aromatic carbocycles. The van der Waals surface area contributed by atoms with E-state index >= 15 is 0 Å².